The molecule has 1 saturated carbocycles. The van der Waals surface area contributed by atoms with E-state index in [0.717, 1.165) is 30.0 Å². The third-order valence-electron chi connectivity index (χ3n) is 6.39. The fraction of sp³-hybridized carbons (Fsp3) is 0.462. The molecule has 3 aromatic rings. The van der Waals surface area contributed by atoms with Crippen LogP contribution >= 0.6 is 0 Å². The fourth-order valence-electron chi connectivity index (χ4n) is 4.31. The van der Waals surface area contributed by atoms with E-state index in [0.29, 0.717) is 42.5 Å². The SMILES string of the molecule is Cc1nc(-c2nnn(C)c2COc2cccc(C(C)C)c2)ccc1O[C@H]1CCC[C@H](C(=O)O)C1. The number of pyridine rings is 1. The zero-order valence-corrected chi connectivity index (χ0v) is 20.2. The molecule has 1 aliphatic rings. The molecule has 0 bridgehead atoms. The highest BCUT2D eigenvalue weighted by Gasteiger charge is 2.28. The van der Waals surface area contributed by atoms with Crippen molar-refractivity contribution in [3.05, 3.63) is 53.3 Å². The van der Waals surface area contributed by atoms with Gasteiger partial charge in [0.05, 0.1) is 23.4 Å². The minimum absolute atomic E-state index is 0.108. The molecule has 180 valence electrons. The lowest BCUT2D eigenvalue weighted by molar-refractivity contribution is -0.143. The number of rotatable bonds is 8. The molecule has 2 atom stereocenters. The van der Waals surface area contributed by atoms with Crippen LogP contribution in [0.1, 0.15) is 62.4 Å². The van der Waals surface area contributed by atoms with Crippen LogP contribution < -0.4 is 9.47 Å². The van der Waals surface area contributed by atoms with Crippen LogP contribution in [0.25, 0.3) is 11.4 Å². The van der Waals surface area contributed by atoms with Crippen molar-refractivity contribution >= 4 is 5.97 Å². The van der Waals surface area contributed by atoms with Gasteiger partial charge < -0.3 is 14.6 Å². The van der Waals surface area contributed by atoms with Gasteiger partial charge in [-0.1, -0.05) is 31.2 Å². The van der Waals surface area contributed by atoms with Crippen molar-refractivity contribution in [1.82, 2.24) is 20.0 Å². The first-order valence-electron chi connectivity index (χ1n) is 11.8. The quantitative estimate of drug-likeness (QED) is 0.506. The van der Waals surface area contributed by atoms with Crippen LogP contribution in [0.5, 0.6) is 11.5 Å². The van der Waals surface area contributed by atoms with E-state index in [9.17, 15) is 9.90 Å². The maximum absolute atomic E-state index is 11.4. The first kappa shape index (κ1) is 23.7. The van der Waals surface area contributed by atoms with Crippen molar-refractivity contribution in [1.29, 1.82) is 0 Å². The molecule has 8 nitrogen and oxygen atoms in total. The monoisotopic (exact) mass is 464 g/mol. The van der Waals surface area contributed by atoms with E-state index >= 15 is 0 Å². The van der Waals surface area contributed by atoms with Gasteiger partial charge in [-0.15, -0.1) is 5.10 Å². The molecule has 0 aliphatic heterocycles. The second kappa shape index (κ2) is 10.2. The number of carboxylic acids is 1. The van der Waals surface area contributed by atoms with Crippen molar-refractivity contribution in [3.8, 4) is 22.9 Å². The highest BCUT2D eigenvalue weighted by atomic mass is 16.5. The van der Waals surface area contributed by atoms with E-state index in [1.165, 1.54) is 5.56 Å². The number of aliphatic carboxylic acids is 1. The number of ether oxygens (including phenoxy) is 2. The molecule has 1 N–H and O–H groups in total. The predicted molar refractivity (Wildman–Crippen MR) is 128 cm³/mol. The summed E-state index contributed by atoms with van der Waals surface area (Å²) in [4.78, 5) is 16.1. The standard InChI is InChI=1S/C26H32N4O4/c1-16(2)18-7-5-9-20(13-18)33-15-23-25(28-29-30(23)4)22-11-12-24(17(3)27-22)34-21-10-6-8-19(14-21)26(31)32/h5,7,9,11-13,16,19,21H,6,8,10,14-15H2,1-4H3,(H,31,32)/t19-,21-/m0/s1. The molecule has 2 aromatic heterocycles. The Hall–Kier alpha value is -3.42. The summed E-state index contributed by atoms with van der Waals surface area (Å²) in [7, 11) is 1.84. The van der Waals surface area contributed by atoms with E-state index in [1.807, 2.05) is 38.2 Å². The molecule has 1 aromatic carbocycles. The topological polar surface area (TPSA) is 99.4 Å². The molecule has 0 amide bonds. The summed E-state index contributed by atoms with van der Waals surface area (Å²) in [6.07, 6.45) is 2.84. The van der Waals surface area contributed by atoms with Gasteiger partial charge in [-0.2, -0.15) is 0 Å². The molecule has 8 heteroatoms. The Labute approximate surface area is 199 Å². The van der Waals surface area contributed by atoms with E-state index in [1.54, 1.807) is 4.68 Å². The lowest BCUT2D eigenvalue weighted by Crippen LogP contribution is -2.29. The van der Waals surface area contributed by atoms with Gasteiger partial charge in [0.25, 0.3) is 0 Å². The van der Waals surface area contributed by atoms with Crippen molar-refractivity contribution < 1.29 is 19.4 Å². The Morgan fingerprint density at radius 2 is 2.06 bits per heavy atom. The second-order valence-corrected chi connectivity index (χ2v) is 9.25. The van der Waals surface area contributed by atoms with Crippen molar-refractivity contribution in [2.75, 3.05) is 0 Å². The summed E-state index contributed by atoms with van der Waals surface area (Å²) in [5, 5.41) is 17.8. The average Bonchev–Trinajstić information content (AvgIpc) is 3.19. The van der Waals surface area contributed by atoms with Gasteiger partial charge in [-0.3, -0.25) is 4.79 Å². The summed E-state index contributed by atoms with van der Waals surface area (Å²) in [5.41, 5.74) is 4.14. The van der Waals surface area contributed by atoms with Gasteiger partial charge in [0.15, 0.2) is 0 Å². The van der Waals surface area contributed by atoms with Crippen LogP contribution in [0.3, 0.4) is 0 Å². The largest absolute Gasteiger partial charge is 0.489 e. The van der Waals surface area contributed by atoms with Crippen LogP contribution in [-0.4, -0.2) is 37.2 Å². The van der Waals surface area contributed by atoms with Crippen LogP contribution in [0, 0.1) is 12.8 Å². The highest BCUT2D eigenvalue weighted by Crippen LogP contribution is 2.31. The first-order valence-corrected chi connectivity index (χ1v) is 11.8. The third-order valence-corrected chi connectivity index (χ3v) is 6.39. The summed E-state index contributed by atoms with van der Waals surface area (Å²) < 4.78 is 13.9. The number of nitrogens with zero attached hydrogens (tertiary/aromatic N) is 4. The summed E-state index contributed by atoms with van der Waals surface area (Å²) >= 11 is 0. The lowest BCUT2D eigenvalue weighted by atomic mass is 9.87. The highest BCUT2D eigenvalue weighted by molar-refractivity contribution is 5.70. The summed E-state index contributed by atoms with van der Waals surface area (Å²) in [6.45, 7) is 6.52. The zero-order valence-electron chi connectivity index (χ0n) is 20.2. The van der Waals surface area contributed by atoms with Crippen molar-refractivity contribution in [3.63, 3.8) is 0 Å². The van der Waals surface area contributed by atoms with E-state index in [-0.39, 0.29) is 12.0 Å². The number of hydrogen-bond acceptors (Lipinski definition) is 6. The zero-order chi connectivity index (χ0) is 24.2. The minimum atomic E-state index is -0.744. The first-order chi connectivity index (χ1) is 16.3. The van der Waals surface area contributed by atoms with E-state index < -0.39 is 5.97 Å². The molecule has 0 radical (unpaired) electrons. The Balaban J connectivity index is 1.48. The Bertz CT molecular complexity index is 1160. The van der Waals surface area contributed by atoms with Gasteiger partial charge in [0, 0.05) is 7.05 Å². The molecule has 2 heterocycles. The smallest absolute Gasteiger partial charge is 0.306 e. The van der Waals surface area contributed by atoms with Crippen LogP contribution in [-0.2, 0) is 18.4 Å². The van der Waals surface area contributed by atoms with Crippen LogP contribution in [0.15, 0.2) is 36.4 Å². The number of carbonyl (C=O) groups is 1. The molecule has 34 heavy (non-hydrogen) atoms. The maximum Gasteiger partial charge on any atom is 0.306 e. The third kappa shape index (κ3) is 5.38. The Morgan fingerprint density at radius 1 is 1.24 bits per heavy atom. The van der Waals surface area contributed by atoms with E-state index in [2.05, 4.69) is 36.3 Å². The number of aryl methyl sites for hydroxylation is 2. The van der Waals surface area contributed by atoms with Crippen molar-refractivity contribution in [2.45, 2.75) is 65.1 Å². The second-order valence-electron chi connectivity index (χ2n) is 9.25. The Kier molecular flexibility index (Phi) is 7.14. The van der Waals surface area contributed by atoms with Gasteiger partial charge in [0.2, 0.25) is 0 Å². The predicted octanol–water partition coefficient (Wildman–Crippen LogP) is 4.91. The average molecular weight is 465 g/mol. The molecule has 1 aliphatic carbocycles. The number of benzene rings is 1. The van der Waals surface area contributed by atoms with Gasteiger partial charge in [-0.25, -0.2) is 9.67 Å². The van der Waals surface area contributed by atoms with E-state index in [4.69, 9.17) is 14.5 Å². The normalized spacial score (nSPS) is 18.1. The number of carboxylic acid groups (broad SMARTS) is 1. The molecule has 4 rings (SSSR count). The lowest BCUT2D eigenvalue weighted by Gasteiger charge is -2.27. The maximum atomic E-state index is 11.4. The molecule has 1 fully saturated rings. The molecule has 0 saturated heterocycles. The van der Waals surface area contributed by atoms with Gasteiger partial charge >= 0.3 is 5.97 Å². The number of hydrogen-bond donors (Lipinski definition) is 1. The van der Waals surface area contributed by atoms with Gasteiger partial charge in [0.1, 0.15) is 29.5 Å². The van der Waals surface area contributed by atoms with Gasteiger partial charge in [-0.05, 0) is 68.4 Å². The molecular formula is C26H32N4O4. The number of aromatic nitrogens is 4. The molecular weight excluding hydrogens is 432 g/mol. The summed E-state index contributed by atoms with van der Waals surface area (Å²) in [6, 6.07) is 11.9. The fourth-order valence-corrected chi connectivity index (χ4v) is 4.31. The summed E-state index contributed by atoms with van der Waals surface area (Å²) in [5.74, 6) is 0.820. The van der Waals surface area contributed by atoms with Crippen LogP contribution in [0.2, 0.25) is 0 Å². The Morgan fingerprint density at radius 3 is 2.79 bits per heavy atom. The molecule has 0 unspecified atom stereocenters. The minimum Gasteiger partial charge on any atom is -0.489 e. The van der Waals surface area contributed by atoms with Crippen LogP contribution in [0.4, 0.5) is 0 Å². The van der Waals surface area contributed by atoms with Crippen molar-refractivity contribution in [2.24, 2.45) is 13.0 Å². The molecule has 0 spiro atoms.